The monoisotopic (exact) mass is 350 g/mol. The van der Waals surface area contributed by atoms with E-state index in [1.807, 2.05) is 0 Å². The lowest BCUT2D eigenvalue weighted by Gasteiger charge is -2.30. The highest BCUT2D eigenvalue weighted by Gasteiger charge is 2.67. The van der Waals surface area contributed by atoms with E-state index in [0.29, 0.717) is 5.56 Å². The molecule has 1 atom stereocenters. The van der Waals surface area contributed by atoms with Crippen LogP contribution in [-0.4, -0.2) is 30.8 Å². The van der Waals surface area contributed by atoms with E-state index in [9.17, 15) is 14.0 Å². The predicted octanol–water partition coefficient (Wildman–Crippen LogP) is 3.34. The number of carbonyl (C=O) groups excluding carboxylic acids is 2. The maximum Gasteiger partial charge on any atom is 0.330 e. The molecule has 0 aliphatic carbocycles. The van der Waals surface area contributed by atoms with Crippen molar-refractivity contribution in [1.29, 1.82) is 0 Å². The van der Waals surface area contributed by atoms with Gasteiger partial charge in [-0.25, -0.2) is 4.39 Å². The quantitative estimate of drug-likeness (QED) is 0.463. The average molecular weight is 350 g/mol. The van der Waals surface area contributed by atoms with Crippen LogP contribution in [0, 0.1) is 11.2 Å². The summed E-state index contributed by atoms with van der Waals surface area (Å²) in [6, 6.07) is 5.44. The summed E-state index contributed by atoms with van der Waals surface area (Å²) in [6.45, 7) is 10.9. The molecule has 2 rings (SSSR count). The molecule has 1 fully saturated rings. The minimum atomic E-state index is -1.84. The first-order chi connectivity index (χ1) is 11.7. The molecule has 1 aromatic rings. The van der Waals surface area contributed by atoms with Gasteiger partial charge in [-0.1, -0.05) is 18.7 Å². The van der Waals surface area contributed by atoms with E-state index < -0.39 is 34.9 Å². The van der Waals surface area contributed by atoms with E-state index in [0.717, 1.165) is 0 Å². The van der Waals surface area contributed by atoms with E-state index in [1.54, 1.807) is 27.7 Å². The lowest BCUT2D eigenvalue weighted by molar-refractivity contribution is -0.174. The van der Waals surface area contributed by atoms with Gasteiger partial charge in [-0.3, -0.25) is 9.59 Å². The molecule has 1 aliphatic rings. The summed E-state index contributed by atoms with van der Waals surface area (Å²) in [5.41, 5.74) is -2.09. The van der Waals surface area contributed by atoms with E-state index in [4.69, 9.17) is 14.2 Å². The normalized spacial score (nSPS) is 21.0. The Kier molecular flexibility index (Phi) is 5.32. The van der Waals surface area contributed by atoms with Gasteiger partial charge in [0.15, 0.2) is 0 Å². The molecule has 0 bridgehead atoms. The number of esters is 2. The second-order valence-corrected chi connectivity index (χ2v) is 6.29. The van der Waals surface area contributed by atoms with Crippen molar-refractivity contribution >= 4 is 11.9 Å². The third-order valence-electron chi connectivity index (χ3n) is 4.38. The topological polar surface area (TPSA) is 61.8 Å². The zero-order valence-electron chi connectivity index (χ0n) is 14.9. The van der Waals surface area contributed by atoms with Crippen molar-refractivity contribution in [3.63, 3.8) is 0 Å². The number of hydrogen-bond acceptors (Lipinski definition) is 5. The summed E-state index contributed by atoms with van der Waals surface area (Å²) < 4.78 is 29.7. The van der Waals surface area contributed by atoms with Gasteiger partial charge in [0.05, 0.1) is 18.8 Å². The minimum Gasteiger partial charge on any atom is -0.465 e. The zero-order chi connectivity index (χ0) is 18.8. The van der Waals surface area contributed by atoms with Crippen molar-refractivity contribution < 1.29 is 28.2 Å². The van der Waals surface area contributed by atoms with Crippen LogP contribution in [0.4, 0.5) is 4.39 Å². The van der Waals surface area contributed by atoms with Crippen LogP contribution in [0.15, 0.2) is 36.4 Å². The summed E-state index contributed by atoms with van der Waals surface area (Å²) in [6.07, 6.45) is -1.02. The van der Waals surface area contributed by atoms with Crippen LogP contribution in [0.25, 0.3) is 0 Å². The molecule has 25 heavy (non-hydrogen) atoms. The average Bonchev–Trinajstić information content (AvgIpc) is 2.77. The smallest absolute Gasteiger partial charge is 0.330 e. The third-order valence-corrected chi connectivity index (χ3v) is 4.38. The third kappa shape index (κ3) is 3.06. The Bertz CT molecular complexity index is 660. The highest BCUT2D eigenvalue weighted by molar-refractivity contribution is 6.05. The van der Waals surface area contributed by atoms with Gasteiger partial charge in [0.25, 0.3) is 0 Å². The van der Waals surface area contributed by atoms with Crippen LogP contribution in [-0.2, 0) is 23.8 Å². The molecule has 1 saturated heterocycles. The van der Waals surface area contributed by atoms with E-state index >= 15 is 0 Å². The summed E-state index contributed by atoms with van der Waals surface area (Å²) in [5.74, 6) is -1.99. The molecular formula is C19H23FO5. The maximum absolute atomic E-state index is 13.3. The molecule has 1 aliphatic heterocycles. The molecule has 1 aromatic carbocycles. The van der Waals surface area contributed by atoms with Gasteiger partial charge in [-0.05, 0) is 51.0 Å². The molecule has 0 N–H and O–H groups in total. The van der Waals surface area contributed by atoms with E-state index in [-0.39, 0.29) is 18.8 Å². The van der Waals surface area contributed by atoms with Crippen molar-refractivity contribution in [2.24, 2.45) is 5.41 Å². The van der Waals surface area contributed by atoms with Crippen molar-refractivity contribution in [3.8, 4) is 0 Å². The lowest BCUT2D eigenvalue weighted by Crippen LogP contribution is -2.46. The number of halogens is 1. The van der Waals surface area contributed by atoms with Gasteiger partial charge in [0.1, 0.15) is 11.9 Å². The Balaban J connectivity index is 2.67. The molecule has 136 valence electrons. The van der Waals surface area contributed by atoms with Crippen LogP contribution in [0.5, 0.6) is 0 Å². The van der Waals surface area contributed by atoms with Crippen molar-refractivity contribution in [2.45, 2.75) is 39.4 Å². The minimum absolute atomic E-state index is 0.0871. The molecule has 0 radical (unpaired) electrons. The SMILES string of the molecule is C=C1C(C)(C)OC(c2ccc(F)cc2)C1(C(=O)OCC)C(=O)OCC. The fourth-order valence-corrected chi connectivity index (χ4v) is 3.08. The molecule has 5 nitrogen and oxygen atoms in total. The lowest BCUT2D eigenvalue weighted by atomic mass is 9.71. The summed E-state index contributed by atoms with van der Waals surface area (Å²) in [4.78, 5) is 25.8. The predicted molar refractivity (Wildman–Crippen MR) is 89.1 cm³/mol. The Morgan fingerprint density at radius 2 is 1.60 bits per heavy atom. The summed E-state index contributed by atoms with van der Waals surface area (Å²) in [5, 5.41) is 0. The van der Waals surface area contributed by atoms with Crippen LogP contribution in [0.2, 0.25) is 0 Å². The molecular weight excluding hydrogens is 327 g/mol. The Labute approximate surface area is 146 Å². The van der Waals surface area contributed by atoms with Crippen LogP contribution >= 0.6 is 0 Å². The highest BCUT2D eigenvalue weighted by Crippen LogP contribution is 2.56. The molecule has 6 heteroatoms. The van der Waals surface area contributed by atoms with Gasteiger partial charge in [-0.2, -0.15) is 0 Å². The summed E-state index contributed by atoms with van der Waals surface area (Å²) >= 11 is 0. The van der Waals surface area contributed by atoms with E-state index in [1.165, 1.54) is 24.3 Å². The number of ether oxygens (including phenoxy) is 3. The Morgan fingerprint density at radius 3 is 2.04 bits per heavy atom. The molecule has 1 unspecified atom stereocenters. The molecule has 0 spiro atoms. The van der Waals surface area contributed by atoms with Crippen molar-refractivity contribution in [3.05, 3.63) is 47.8 Å². The van der Waals surface area contributed by atoms with Gasteiger partial charge < -0.3 is 14.2 Å². The second kappa shape index (κ2) is 6.96. The zero-order valence-corrected chi connectivity index (χ0v) is 14.9. The first kappa shape index (κ1) is 19.1. The van der Waals surface area contributed by atoms with Crippen LogP contribution < -0.4 is 0 Å². The van der Waals surface area contributed by atoms with Crippen LogP contribution in [0.1, 0.15) is 39.4 Å². The number of benzene rings is 1. The fraction of sp³-hybridized carbons (Fsp3) is 0.474. The standard InChI is InChI=1S/C19H23FO5/c1-6-23-16(21)19(17(22)24-7-2)12(3)18(4,5)25-15(19)13-8-10-14(20)11-9-13/h8-11,15H,3,6-7H2,1-2,4-5H3. The first-order valence-corrected chi connectivity index (χ1v) is 8.19. The van der Waals surface area contributed by atoms with Crippen LogP contribution in [0.3, 0.4) is 0 Å². The van der Waals surface area contributed by atoms with Crippen molar-refractivity contribution in [1.82, 2.24) is 0 Å². The maximum atomic E-state index is 13.3. The Hall–Kier alpha value is -2.21. The molecule has 0 saturated carbocycles. The first-order valence-electron chi connectivity index (χ1n) is 8.19. The second-order valence-electron chi connectivity index (χ2n) is 6.29. The van der Waals surface area contributed by atoms with Gasteiger partial charge in [0, 0.05) is 0 Å². The van der Waals surface area contributed by atoms with Gasteiger partial charge >= 0.3 is 11.9 Å². The molecule has 0 amide bonds. The summed E-state index contributed by atoms with van der Waals surface area (Å²) in [7, 11) is 0. The fourth-order valence-electron chi connectivity index (χ4n) is 3.08. The number of rotatable bonds is 5. The van der Waals surface area contributed by atoms with Gasteiger partial charge in [0.2, 0.25) is 5.41 Å². The van der Waals surface area contributed by atoms with Gasteiger partial charge in [-0.15, -0.1) is 0 Å². The number of hydrogen-bond donors (Lipinski definition) is 0. The highest BCUT2D eigenvalue weighted by atomic mass is 19.1. The Morgan fingerprint density at radius 1 is 1.12 bits per heavy atom. The number of carbonyl (C=O) groups is 2. The van der Waals surface area contributed by atoms with E-state index in [2.05, 4.69) is 6.58 Å². The van der Waals surface area contributed by atoms with Crippen molar-refractivity contribution in [2.75, 3.05) is 13.2 Å². The largest absolute Gasteiger partial charge is 0.465 e. The molecule has 1 heterocycles. The molecule has 0 aromatic heterocycles.